The van der Waals surface area contributed by atoms with Crippen molar-refractivity contribution in [2.24, 2.45) is 0 Å². The number of hydrogen-bond donors (Lipinski definition) is 2. The molecule has 3 atom stereocenters. The van der Waals surface area contributed by atoms with Crippen LogP contribution in [0.4, 0.5) is 0 Å². The summed E-state index contributed by atoms with van der Waals surface area (Å²) < 4.78 is 0. The van der Waals surface area contributed by atoms with Crippen molar-refractivity contribution in [2.75, 3.05) is 13.6 Å². The van der Waals surface area contributed by atoms with Gasteiger partial charge in [-0.25, -0.2) is 0 Å². The fourth-order valence-corrected chi connectivity index (χ4v) is 3.82. The molecule has 2 fully saturated rings. The van der Waals surface area contributed by atoms with E-state index in [9.17, 15) is 10.2 Å². The van der Waals surface area contributed by atoms with Crippen LogP contribution in [0.3, 0.4) is 0 Å². The zero-order valence-electron chi connectivity index (χ0n) is 10.8. The highest BCUT2D eigenvalue weighted by atomic mass is 16.3. The van der Waals surface area contributed by atoms with Crippen molar-refractivity contribution in [3.8, 4) is 5.75 Å². The van der Waals surface area contributed by atoms with Gasteiger partial charge >= 0.3 is 0 Å². The number of aromatic hydroxyl groups is 1. The predicted octanol–water partition coefficient (Wildman–Crippen LogP) is 1.88. The summed E-state index contributed by atoms with van der Waals surface area (Å²) in [5.74, 6) is 0.301. The number of likely N-dealkylation sites (N-methyl/N-ethyl adjacent to an activating group) is 1. The minimum Gasteiger partial charge on any atom is -0.508 e. The molecular weight excluding hydrogens is 226 g/mol. The lowest BCUT2D eigenvalue weighted by molar-refractivity contribution is -0.0445. The molecule has 1 saturated heterocycles. The first-order chi connectivity index (χ1) is 8.62. The molecule has 0 unspecified atom stereocenters. The number of nitrogens with zero attached hydrogens (tertiary/aromatic N) is 1. The van der Waals surface area contributed by atoms with Gasteiger partial charge in [0.05, 0.1) is 6.10 Å². The van der Waals surface area contributed by atoms with Crippen LogP contribution in [-0.2, 0) is 5.41 Å². The van der Waals surface area contributed by atoms with Crippen molar-refractivity contribution >= 4 is 0 Å². The molecule has 0 amide bonds. The zero-order valence-corrected chi connectivity index (χ0v) is 10.8. The molecule has 0 radical (unpaired) electrons. The quantitative estimate of drug-likeness (QED) is 0.796. The Morgan fingerprint density at radius 2 is 2.22 bits per heavy atom. The smallest absolute Gasteiger partial charge is 0.115 e. The van der Waals surface area contributed by atoms with Crippen molar-refractivity contribution in [3.63, 3.8) is 0 Å². The van der Waals surface area contributed by atoms with Crippen molar-refractivity contribution in [1.82, 2.24) is 4.90 Å². The fraction of sp³-hybridized carbons (Fsp3) is 0.600. The van der Waals surface area contributed by atoms with E-state index >= 15 is 0 Å². The largest absolute Gasteiger partial charge is 0.508 e. The van der Waals surface area contributed by atoms with Crippen LogP contribution >= 0.6 is 0 Å². The van der Waals surface area contributed by atoms with Crippen LogP contribution < -0.4 is 0 Å². The van der Waals surface area contributed by atoms with E-state index in [4.69, 9.17) is 0 Å². The van der Waals surface area contributed by atoms with Crippen LogP contribution in [0.2, 0.25) is 0 Å². The summed E-state index contributed by atoms with van der Waals surface area (Å²) in [7, 11) is 2.10. The molecule has 2 bridgehead atoms. The second-order valence-electron chi connectivity index (χ2n) is 5.91. The Balaban J connectivity index is 2.01. The van der Waals surface area contributed by atoms with Gasteiger partial charge in [0.1, 0.15) is 5.75 Å². The molecule has 98 valence electrons. The lowest BCUT2D eigenvalue weighted by Gasteiger charge is -2.52. The molecule has 1 aliphatic heterocycles. The van der Waals surface area contributed by atoms with E-state index in [-0.39, 0.29) is 11.5 Å². The van der Waals surface area contributed by atoms with E-state index in [1.165, 1.54) is 6.42 Å². The number of rotatable bonds is 1. The molecule has 0 aromatic heterocycles. The number of phenols is 1. The van der Waals surface area contributed by atoms with Gasteiger partial charge in [0.2, 0.25) is 0 Å². The molecule has 3 rings (SSSR count). The Morgan fingerprint density at radius 1 is 1.39 bits per heavy atom. The number of piperidine rings is 1. The average Bonchev–Trinajstić information content (AvgIpc) is 2.37. The van der Waals surface area contributed by atoms with E-state index in [2.05, 4.69) is 18.0 Å². The van der Waals surface area contributed by atoms with Gasteiger partial charge in [-0.15, -0.1) is 0 Å². The first-order valence-corrected chi connectivity index (χ1v) is 6.80. The van der Waals surface area contributed by atoms with E-state index < -0.39 is 0 Å². The Hall–Kier alpha value is -1.06. The lowest BCUT2D eigenvalue weighted by Crippen LogP contribution is -2.58. The summed E-state index contributed by atoms with van der Waals surface area (Å²) in [4.78, 5) is 2.28. The zero-order chi connectivity index (χ0) is 12.8. The minimum atomic E-state index is -0.333. The second kappa shape index (κ2) is 4.25. The first kappa shape index (κ1) is 12.0. The molecule has 2 N–H and O–H groups in total. The first-order valence-electron chi connectivity index (χ1n) is 6.80. The number of fused-ring (bicyclic) bond motifs is 2. The van der Waals surface area contributed by atoms with E-state index in [0.29, 0.717) is 11.8 Å². The third kappa shape index (κ3) is 1.73. The van der Waals surface area contributed by atoms with Crippen LogP contribution in [0.5, 0.6) is 5.75 Å². The molecule has 3 heteroatoms. The number of likely N-dealkylation sites (tertiary alicyclic amines) is 1. The van der Waals surface area contributed by atoms with E-state index in [0.717, 1.165) is 31.4 Å². The van der Waals surface area contributed by atoms with Crippen LogP contribution in [-0.4, -0.2) is 40.9 Å². The third-order valence-electron chi connectivity index (χ3n) is 4.90. The predicted molar refractivity (Wildman–Crippen MR) is 70.7 cm³/mol. The Kier molecular flexibility index (Phi) is 2.83. The van der Waals surface area contributed by atoms with Gasteiger partial charge in [-0.05, 0) is 44.0 Å². The number of aliphatic hydroxyl groups excluding tert-OH is 1. The molecule has 3 nitrogen and oxygen atoms in total. The van der Waals surface area contributed by atoms with Gasteiger partial charge in [-0.2, -0.15) is 0 Å². The summed E-state index contributed by atoms with van der Waals surface area (Å²) in [6.45, 7) is 0.736. The number of β-amino-alcohol motifs (C(OH)–C–C–N with tert-alkyl or cyclic N) is 1. The number of benzene rings is 1. The van der Waals surface area contributed by atoms with Crippen LogP contribution in [0.25, 0.3) is 0 Å². The maximum Gasteiger partial charge on any atom is 0.115 e. The average molecular weight is 247 g/mol. The molecule has 1 aromatic carbocycles. The van der Waals surface area contributed by atoms with Gasteiger partial charge < -0.3 is 15.1 Å². The van der Waals surface area contributed by atoms with Crippen molar-refractivity contribution in [3.05, 3.63) is 29.8 Å². The maximum atomic E-state index is 10.6. The Labute approximate surface area is 108 Å². The topological polar surface area (TPSA) is 43.7 Å². The van der Waals surface area contributed by atoms with Crippen molar-refractivity contribution in [1.29, 1.82) is 0 Å². The van der Waals surface area contributed by atoms with Gasteiger partial charge in [0.25, 0.3) is 0 Å². The van der Waals surface area contributed by atoms with Gasteiger partial charge in [-0.3, -0.25) is 0 Å². The Morgan fingerprint density at radius 3 is 3.00 bits per heavy atom. The molecular formula is C15H21NO2. The van der Waals surface area contributed by atoms with E-state index in [1.54, 1.807) is 6.07 Å². The van der Waals surface area contributed by atoms with Gasteiger partial charge in [-0.1, -0.05) is 18.6 Å². The summed E-state index contributed by atoms with van der Waals surface area (Å²) in [6.07, 6.45) is 4.09. The lowest BCUT2D eigenvalue weighted by atomic mass is 9.62. The molecule has 1 aliphatic carbocycles. The minimum absolute atomic E-state index is 0.145. The highest BCUT2D eigenvalue weighted by Gasteiger charge is 2.48. The van der Waals surface area contributed by atoms with Crippen molar-refractivity contribution < 1.29 is 10.2 Å². The third-order valence-corrected chi connectivity index (χ3v) is 4.90. The van der Waals surface area contributed by atoms with Gasteiger partial charge in [0.15, 0.2) is 0 Å². The fourth-order valence-electron chi connectivity index (χ4n) is 3.82. The highest BCUT2D eigenvalue weighted by Crippen LogP contribution is 2.47. The molecule has 0 spiro atoms. The summed E-state index contributed by atoms with van der Waals surface area (Å²) in [6, 6.07) is 8.04. The molecule has 1 saturated carbocycles. The molecule has 18 heavy (non-hydrogen) atoms. The standard InChI is InChI=1S/C15H21NO2/c1-16-10-14(18)15(7-3-5-12(16)9-15)11-4-2-6-13(17)8-11/h2,4,6,8,12,14,17-18H,3,5,7,9-10H2,1H3/t12-,14-,15+/m0/s1. The second-order valence-corrected chi connectivity index (χ2v) is 5.91. The highest BCUT2D eigenvalue weighted by molar-refractivity contribution is 5.35. The summed E-state index contributed by atoms with van der Waals surface area (Å²) >= 11 is 0. The summed E-state index contributed by atoms with van der Waals surface area (Å²) in [5, 5.41) is 20.2. The summed E-state index contributed by atoms with van der Waals surface area (Å²) in [5.41, 5.74) is 0.960. The number of aliphatic hydroxyl groups is 1. The Bertz CT molecular complexity index is 448. The molecule has 1 aromatic rings. The van der Waals surface area contributed by atoms with Gasteiger partial charge in [0, 0.05) is 18.0 Å². The number of hydrogen-bond acceptors (Lipinski definition) is 3. The van der Waals surface area contributed by atoms with Crippen molar-refractivity contribution in [2.45, 2.75) is 43.2 Å². The van der Waals surface area contributed by atoms with Crippen LogP contribution in [0.1, 0.15) is 31.2 Å². The van der Waals surface area contributed by atoms with Crippen LogP contribution in [0.15, 0.2) is 24.3 Å². The normalized spacial score (nSPS) is 36.6. The number of phenolic OH excluding ortho intramolecular Hbond substituents is 1. The monoisotopic (exact) mass is 247 g/mol. The SMILES string of the molecule is CN1C[C@H](O)[C@]2(c3cccc(O)c3)CCC[C@H]1C2. The van der Waals surface area contributed by atoms with Crippen LogP contribution in [0, 0.1) is 0 Å². The molecule has 2 aliphatic rings. The van der Waals surface area contributed by atoms with E-state index in [1.807, 2.05) is 12.1 Å². The molecule has 1 heterocycles. The maximum absolute atomic E-state index is 10.6.